The molecular weight excluding hydrogens is 208 g/mol. The van der Waals surface area contributed by atoms with Crippen LogP contribution in [0.1, 0.15) is 19.4 Å². The summed E-state index contributed by atoms with van der Waals surface area (Å²) in [6, 6.07) is 8.72. The number of carboxylic acid groups (broad SMARTS) is 1. The maximum absolute atomic E-state index is 11.1. The van der Waals surface area contributed by atoms with Gasteiger partial charge < -0.3 is 15.3 Å². The molecule has 1 atom stereocenters. The number of rotatable bonds is 4. The van der Waals surface area contributed by atoms with Crippen LogP contribution in [0.5, 0.6) is 0 Å². The van der Waals surface area contributed by atoms with Crippen molar-refractivity contribution >= 4 is 5.97 Å². The monoisotopic (exact) mass is 224 g/mol. The second-order valence-corrected chi connectivity index (χ2v) is 4.39. The highest BCUT2D eigenvalue weighted by Gasteiger charge is 2.49. The summed E-state index contributed by atoms with van der Waals surface area (Å²) >= 11 is 0. The minimum Gasteiger partial charge on any atom is -0.479 e. The smallest absolute Gasteiger partial charge is 0.339 e. The van der Waals surface area contributed by atoms with E-state index in [1.807, 2.05) is 0 Å². The number of hydrogen-bond donors (Lipinski definition) is 3. The van der Waals surface area contributed by atoms with Gasteiger partial charge in [-0.05, 0) is 19.4 Å². The minimum atomic E-state index is -2.19. The predicted octanol–water partition coefficient (Wildman–Crippen LogP) is 0.816. The third-order valence-corrected chi connectivity index (χ3v) is 2.67. The van der Waals surface area contributed by atoms with E-state index in [9.17, 15) is 15.0 Å². The molecule has 0 saturated heterocycles. The molecule has 0 radical (unpaired) electrons. The van der Waals surface area contributed by atoms with Crippen LogP contribution in [0.2, 0.25) is 0 Å². The van der Waals surface area contributed by atoms with Crippen molar-refractivity contribution in [1.29, 1.82) is 0 Å². The fraction of sp³-hybridized carbons (Fsp3) is 0.417. The molecule has 0 spiro atoms. The third-order valence-electron chi connectivity index (χ3n) is 2.67. The Morgan fingerprint density at radius 3 is 2.06 bits per heavy atom. The van der Waals surface area contributed by atoms with E-state index >= 15 is 0 Å². The van der Waals surface area contributed by atoms with E-state index in [4.69, 9.17) is 5.11 Å². The molecular formula is C12H16O4. The Hall–Kier alpha value is -1.39. The zero-order chi connectivity index (χ0) is 12.4. The molecule has 3 N–H and O–H groups in total. The average molecular weight is 224 g/mol. The first kappa shape index (κ1) is 12.7. The minimum absolute atomic E-state index is 0.132. The molecule has 0 aromatic heterocycles. The van der Waals surface area contributed by atoms with E-state index in [1.54, 1.807) is 30.3 Å². The Bertz CT molecular complexity index is 366. The first-order valence-electron chi connectivity index (χ1n) is 4.99. The molecule has 0 fully saturated rings. The van der Waals surface area contributed by atoms with Crippen LogP contribution in [0.25, 0.3) is 0 Å². The van der Waals surface area contributed by atoms with Crippen LogP contribution in [-0.2, 0) is 11.2 Å². The molecule has 0 heterocycles. The zero-order valence-corrected chi connectivity index (χ0v) is 9.34. The summed E-state index contributed by atoms with van der Waals surface area (Å²) in [5.41, 5.74) is -3.24. The van der Waals surface area contributed by atoms with Gasteiger partial charge in [0.05, 0.1) is 5.60 Å². The lowest BCUT2D eigenvalue weighted by molar-refractivity contribution is -0.185. The molecule has 1 aromatic rings. The quantitative estimate of drug-likeness (QED) is 0.707. The number of carbonyl (C=O) groups is 1. The van der Waals surface area contributed by atoms with E-state index in [2.05, 4.69) is 0 Å². The molecule has 1 rings (SSSR count). The van der Waals surface area contributed by atoms with Gasteiger partial charge in [-0.1, -0.05) is 30.3 Å². The van der Waals surface area contributed by atoms with Gasteiger partial charge in [-0.3, -0.25) is 0 Å². The van der Waals surface area contributed by atoms with Gasteiger partial charge in [0, 0.05) is 6.42 Å². The summed E-state index contributed by atoms with van der Waals surface area (Å²) in [5, 5.41) is 28.8. The Morgan fingerprint density at radius 2 is 1.69 bits per heavy atom. The van der Waals surface area contributed by atoms with Crippen LogP contribution < -0.4 is 0 Å². The normalized spacial score (nSPS) is 15.5. The van der Waals surface area contributed by atoms with E-state index < -0.39 is 17.2 Å². The van der Waals surface area contributed by atoms with Crippen LogP contribution >= 0.6 is 0 Å². The maximum Gasteiger partial charge on any atom is 0.339 e. The fourth-order valence-electron chi connectivity index (χ4n) is 1.44. The van der Waals surface area contributed by atoms with Crippen molar-refractivity contribution in [3.05, 3.63) is 35.9 Å². The molecule has 0 aliphatic heterocycles. The topological polar surface area (TPSA) is 77.8 Å². The largest absolute Gasteiger partial charge is 0.479 e. The van der Waals surface area contributed by atoms with Gasteiger partial charge in [-0.25, -0.2) is 4.79 Å². The number of hydrogen-bond acceptors (Lipinski definition) is 3. The Labute approximate surface area is 94.2 Å². The molecule has 0 saturated carbocycles. The summed E-state index contributed by atoms with van der Waals surface area (Å²) in [5.74, 6) is -1.43. The van der Waals surface area contributed by atoms with Crippen molar-refractivity contribution in [2.45, 2.75) is 31.5 Å². The predicted molar refractivity (Wildman–Crippen MR) is 59.0 cm³/mol. The summed E-state index contributed by atoms with van der Waals surface area (Å²) in [6.07, 6.45) is -0.132. The second kappa shape index (κ2) is 4.23. The molecule has 0 aliphatic rings. The Balaban J connectivity index is 3.03. The fourth-order valence-corrected chi connectivity index (χ4v) is 1.44. The van der Waals surface area contributed by atoms with E-state index in [1.165, 1.54) is 13.8 Å². The van der Waals surface area contributed by atoms with Gasteiger partial charge in [0.2, 0.25) is 0 Å². The Kier molecular flexibility index (Phi) is 3.35. The molecule has 0 amide bonds. The lowest BCUT2D eigenvalue weighted by Gasteiger charge is -2.35. The van der Waals surface area contributed by atoms with Crippen LogP contribution in [0.3, 0.4) is 0 Å². The SMILES string of the molecule is CC(C)(O)[C@@](O)(Cc1ccccc1)C(=O)O. The van der Waals surface area contributed by atoms with Crippen LogP contribution in [0.4, 0.5) is 0 Å². The zero-order valence-electron chi connectivity index (χ0n) is 9.34. The highest BCUT2D eigenvalue weighted by molar-refractivity contribution is 5.79. The number of aliphatic carboxylic acids is 1. The summed E-state index contributed by atoms with van der Waals surface area (Å²) in [6.45, 7) is 2.56. The number of aliphatic hydroxyl groups is 2. The first-order valence-corrected chi connectivity index (χ1v) is 4.99. The highest BCUT2D eigenvalue weighted by Crippen LogP contribution is 2.26. The lowest BCUT2D eigenvalue weighted by atomic mass is 9.81. The molecule has 16 heavy (non-hydrogen) atoms. The standard InChI is InChI=1S/C12H16O4/c1-11(2,15)12(16,10(13)14)8-9-6-4-3-5-7-9/h3-7,15-16H,8H2,1-2H3,(H,13,14)/t12-/m1/s1. The average Bonchev–Trinajstić information content (AvgIpc) is 2.17. The summed E-state index contributed by atoms with van der Waals surface area (Å²) in [7, 11) is 0. The molecule has 4 nitrogen and oxygen atoms in total. The van der Waals surface area contributed by atoms with Crippen molar-refractivity contribution in [3.8, 4) is 0 Å². The van der Waals surface area contributed by atoms with Crippen molar-refractivity contribution < 1.29 is 20.1 Å². The van der Waals surface area contributed by atoms with E-state index in [0.717, 1.165) is 0 Å². The molecule has 1 aromatic carbocycles. The number of benzene rings is 1. The molecule has 0 aliphatic carbocycles. The van der Waals surface area contributed by atoms with Gasteiger partial charge in [-0.15, -0.1) is 0 Å². The lowest BCUT2D eigenvalue weighted by Crippen LogP contribution is -2.57. The Morgan fingerprint density at radius 1 is 1.19 bits per heavy atom. The van der Waals surface area contributed by atoms with Gasteiger partial charge in [0.25, 0.3) is 0 Å². The maximum atomic E-state index is 11.1. The van der Waals surface area contributed by atoms with Gasteiger partial charge in [0.15, 0.2) is 5.60 Å². The van der Waals surface area contributed by atoms with Crippen molar-refractivity contribution in [2.75, 3.05) is 0 Å². The van der Waals surface area contributed by atoms with Crippen molar-refractivity contribution in [1.82, 2.24) is 0 Å². The molecule has 0 unspecified atom stereocenters. The summed E-state index contributed by atoms with van der Waals surface area (Å²) < 4.78 is 0. The third kappa shape index (κ3) is 2.40. The highest BCUT2D eigenvalue weighted by atomic mass is 16.4. The van der Waals surface area contributed by atoms with Crippen LogP contribution in [-0.4, -0.2) is 32.5 Å². The van der Waals surface area contributed by atoms with E-state index in [0.29, 0.717) is 5.56 Å². The van der Waals surface area contributed by atoms with Crippen molar-refractivity contribution in [2.24, 2.45) is 0 Å². The van der Waals surface area contributed by atoms with Crippen LogP contribution in [0.15, 0.2) is 30.3 Å². The first-order chi connectivity index (χ1) is 7.27. The van der Waals surface area contributed by atoms with E-state index in [-0.39, 0.29) is 6.42 Å². The second-order valence-electron chi connectivity index (χ2n) is 4.39. The van der Waals surface area contributed by atoms with Gasteiger partial charge in [0.1, 0.15) is 0 Å². The molecule has 88 valence electrons. The molecule has 4 heteroatoms. The van der Waals surface area contributed by atoms with Gasteiger partial charge in [-0.2, -0.15) is 0 Å². The number of carboxylic acids is 1. The van der Waals surface area contributed by atoms with Gasteiger partial charge >= 0.3 is 5.97 Å². The molecule has 0 bridgehead atoms. The van der Waals surface area contributed by atoms with Crippen molar-refractivity contribution in [3.63, 3.8) is 0 Å². The van der Waals surface area contributed by atoms with Crippen LogP contribution in [0, 0.1) is 0 Å². The summed E-state index contributed by atoms with van der Waals surface area (Å²) in [4.78, 5) is 11.1.